The molecule has 0 radical (unpaired) electrons. The highest BCUT2D eigenvalue weighted by Crippen LogP contribution is 2.18. The van der Waals surface area contributed by atoms with Crippen molar-refractivity contribution in [2.24, 2.45) is 5.41 Å². The van der Waals surface area contributed by atoms with E-state index in [0.717, 1.165) is 38.5 Å². The van der Waals surface area contributed by atoms with Crippen molar-refractivity contribution in [2.75, 3.05) is 42.9 Å². The lowest BCUT2D eigenvalue weighted by atomic mass is 9.96. The standard InChI is InChI=1S/C15H25N5O/c1-5-19-8-10-20(11-9-19)13-7-6-12(17-18-13)16-14(21)15(2,3)4/h6-7H,5,8-11H2,1-4H3,(H,16,17,21). The molecule has 0 spiro atoms. The monoisotopic (exact) mass is 291 g/mol. The van der Waals surface area contributed by atoms with Gasteiger partial charge in [-0.15, -0.1) is 10.2 Å². The minimum atomic E-state index is -0.434. The number of amides is 1. The molecule has 6 heteroatoms. The lowest BCUT2D eigenvalue weighted by molar-refractivity contribution is -0.123. The Labute approximate surface area is 126 Å². The van der Waals surface area contributed by atoms with E-state index in [9.17, 15) is 4.79 Å². The number of nitrogens with one attached hydrogen (secondary N) is 1. The molecule has 0 saturated carbocycles. The number of hydrogen-bond donors (Lipinski definition) is 1. The molecule has 116 valence electrons. The van der Waals surface area contributed by atoms with Crippen molar-refractivity contribution < 1.29 is 4.79 Å². The summed E-state index contributed by atoms with van der Waals surface area (Å²) >= 11 is 0. The maximum Gasteiger partial charge on any atom is 0.230 e. The van der Waals surface area contributed by atoms with Crippen molar-refractivity contribution in [3.63, 3.8) is 0 Å². The molecular formula is C15H25N5O. The van der Waals surface area contributed by atoms with E-state index >= 15 is 0 Å². The van der Waals surface area contributed by atoms with Crippen LogP contribution in [0.2, 0.25) is 0 Å². The van der Waals surface area contributed by atoms with Gasteiger partial charge in [-0.1, -0.05) is 27.7 Å². The zero-order valence-corrected chi connectivity index (χ0v) is 13.4. The number of carbonyl (C=O) groups excluding carboxylic acids is 1. The third-order valence-corrected chi connectivity index (χ3v) is 3.72. The van der Waals surface area contributed by atoms with Gasteiger partial charge in [0.1, 0.15) is 0 Å². The van der Waals surface area contributed by atoms with E-state index in [1.165, 1.54) is 0 Å². The normalized spacial score (nSPS) is 16.9. The number of nitrogens with zero attached hydrogens (tertiary/aromatic N) is 4. The predicted octanol–water partition coefficient (Wildman–Crippen LogP) is 1.60. The molecule has 6 nitrogen and oxygen atoms in total. The molecule has 0 aromatic carbocycles. The van der Waals surface area contributed by atoms with E-state index < -0.39 is 5.41 Å². The zero-order valence-electron chi connectivity index (χ0n) is 13.4. The van der Waals surface area contributed by atoms with E-state index in [1.54, 1.807) is 0 Å². The van der Waals surface area contributed by atoms with E-state index in [-0.39, 0.29) is 5.91 Å². The van der Waals surface area contributed by atoms with Crippen LogP contribution in [0.25, 0.3) is 0 Å². The average Bonchev–Trinajstić information content (AvgIpc) is 2.47. The summed E-state index contributed by atoms with van der Waals surface area (Å²) in [6, 6.07) is 3.74. The maximum absolute atomic E-state index is 11.9. The van der Waals surface area contributed by atoms with Crippen LogP contribution < -0.4 is 10.2 Å². The predicted molar refractivity (Wildman–Crippen MR) is 84.4 cm³/mol. The molecule has 0 atom stereocenters. The molecule has 0 bridgehead atoms. The molecule has 0 unspecified atom stereocenters. The third kappa shape index (κ3) is 4.14. The van der Waals surface area contributed by atoms with E-state index in [0.29, 0.717) is 5.82 Å². The Kier molecular flexibility index (Phi) is 4.77. The van der Waals surface area contributed by atoms with Gasteiger partial charge in [0.25, 0.3) is 0 Å². The van der Waals surface area contributed by atoms with Crippen LogP contribution in [0.5, 0.6) is 0 Å². The van der Waals surface area contributed by atoms with Crippen molar-refractivity contribution >= 4 is 17.5 Å². The van der Waals surface area contributed by atoms with Crippen LogP contribution in [-0.2, 0) is 4.79 Å². The second-order valence-electron chi connectivity index (χ2n) is 6.40. The van der Waals surface area contributed by atoms with Gasteiger partial charge in [-0.2, -0.15) is 0 Å². The summed E-state index contributed by atoms with van der Waals surface area (Å²) in [4.78, 5) is 16.5. The first-order chi connectivity index (χ1) is 9.90. The summed E-state index contributed by atoms with van der Waals surface area (Å²) in [5, 5.41) is 11.1. The Hall–Kier alpha value is -1.69. The first kappa shape index (κ1) is 15.7. The highest BCUT2D eigenvalue weighted by molar-refractivity contribution is 5.93. The third-order valence-electron chi connectivity index (χ3n) is 3.72. The largest absolute Gasteiger partial charge is 0.353 e. The summed E-state index contributed by atoms with van der Waals surface area (Å²) < 4.78 is 0. The molecule has 1 aliphatic heterocycles. The molecule has 1 amide bonds. The van der Waals surface area contributed by atoms with Gasteiger partial charge in [0.15, 0.2) is 11.6 Å². The van der Waals surface area contributed by atoms with Crippen LogP contribution in [0.4, 0.5) is 11.6 Å². The smallest absolute Gasteiger partial charge is 0.230 e. The van der Waals surface area contributed by atoms with Gasteiger partial charge in [0, 0.05) is 31.6 Å². The van der Waals surface area contributed by atoms with E-state index in [4.69, 9.17) is 0 Å². The Morgan fingerprint density at radius 1 is 1.19 bits per heavy atom. The molecule has 1 aromatic heterocycles. The Balaban J connectivity index is 1.95. The Morgan fingerprint density at radius 3 is 2.33 bits per heavy atom. The van der Waals surface area contributed by atoms with Gasteiger partial charge >= 0.3 is 0 Å². The lowest BCUT2D eigenvalue weighted by Gasteiger charge is -2.34. The van der Waals surface area contributed by atoms with Crippen molar-refractivity contribution in [1.29, 1.82) is 0 Å². The topological polar surface area (TPSA) is 61.4 Å². The summed E-state index contributed by atoms with van der Waals surface area (Å²) in [6.07, 6.45) is 0. The molecule has 1 aliphatic rings. The fourth-order valence-corrected chi connectivity index (χ4v) is 2.16. The van der Waals surface area contributed by atoms with Crippen LogP contribution in [0.3, 0.4) is 0 Å². The van der Waals surface area contributed by atoms with Crippen LogP contribution >= 0.6 is 0 Å². The van der Waals surface area contributed by atoms with Gasteiger partial charge in [0.2, 0.25) is 5.91 Å². The van der Waals surface area contributed by atoms with Crippen LogP contribution in [-0.4, -0.2) is 53.7 Å². The SMILES string of the molecule is CCN1CCN(c2ccc(NC(=O)C(C)(C)C)nn2)CC1. The Morgan fingerprint density at radius 2 is 1.86 bits per heavy atom. The number of anilines is 2. The van der Waals surface area contributed by atoms with Crippen molar-refractivity contribution in [2.45, 2.75) is 27.7 Å². The van der Waals surface area contributed by atoms with Gasteiger partial charge in [-0.25, -0.2) is 0 Å². The molecule has 1 aromatic rings. The fraction of sp³-hybridized carbons (Fsp3) is 0.667. The summed E-state index contributed by atoms with van der Waals surface area (Å²) in [6.45, 7) is 12.9. The highest BCUT2D eigenvalue weighted by Gasteiger charge is 2.22. The van der Waals surface area contributed by atoms with Gasteiger partial charge < -0.3 is 15.1 Å². The quantitative estimate of drug-likeness (QED) is 0.916. The van der Waals surface area contributed by atoms with Crippen LogP contribution in [0, 0.1) is 5.41 Å². The Bertz CT molecular complexity index is 472. The second-order valence-corrected chi connectivity index (χ2v) is 6.40. The van der Waals surface area contributed by atoms with Gasteiger partial charge in [0.05, 0.1) is 0 Å². The molecule has 1 saturated heterocycles. The van der Waals surface area contributed by atoms with Crippen molar-refractivity contribution in [3.05, 3.63) is 12.1 Å². The number of likely N-dealkylation sites (N-methyl/N-ethyl adjacent to an activating group) is 1. The molecule has 21 heavy (non-hydrogen) atoms. The first-order valence-corrected chi connectivity index (χ1v) is 7.52. The molecule has 2 rings (SSSR count). The average molecular weight is 291 g/mol. The fourth-order valence-electron chi connectivity index (χ4n) is 2.16. The first-order valence-electron chi connectivity index (χ1n) is 7.52. The number of hydrogen-bond acceptors (Lipinski definition) is 5. The molecule has 0 aliphatic carbocycles. The summed E-state index contributed by atoms with van der Waals surface area (Å²) in [5.74, 6) is 1.33. The maximum atomic E-state index is 11.9. The minimum absolute atomic E-state index is 0.0545. The van der Waals surface area contributed by atoms with Crippen molar-refractivity contribution in [1.82, 2.24) is 15.1 Å². The minimum Gasteiger partial charge on any atom is -0.353 e. The molecule has 2 heterocycles. The molecule has 1 N–H and O–H groups in total. The summed E-state index contributed by atoms with van der Waals surface area (Å²) in [5.41, 5.74) is -0.434. The van der Waals surface area contributed by atoms with Crippen molar-refractivity contribution in [3.8, 4) is 0 Å². The molecule has 1 fully saturated rings. The van der Waals surface area contributed by atoms with E-state index in [1.807, 2.05) is 32.9 Å². The number of rotatable bonds is 3. The highest BCUT2D eigenvalue weighted by atomic mass is 16.2. The number of carbonyl (C=O) groups is 1. The lowest BCUT2D eigenvalue weighted by Crippen LogP contribution is -2.46. The number of aromatic nitrogens is 2. The van der Waals surface area contributed by atoms with Gasteiger partial charge in [-0.3, -0.25) is 4.79 Å². The van der Waals surface area contributed by atoms with E-state index in [2.05, 4.69) is 32.2 Å². The van der Waals surface area contributed by atoms with Gasteiger partial charge in [-0.05, 0) is 18.7 Å². The summed E-state index contributed by atoms with van der Waals surface area (Å²) in [7, 11) is 0. The van der Waals surface area contributed by atoms with Crippen LogP contribution in [0.1, 0.15) is 27.7 Å². The zero-order chi connectivity index (χ0) is 15.5. The second kappa shape index (κ2) is 6.39. The number of piperazine rings is 1. The molecular weight excluding hydrogens is 266 g/mol. The van der Waals surface area contributed by atoms with Crippen LogP contribution in [0.15, 0.2) is 12.1 Å².